The van der Waals surface area contributed by atoms with Gasteiger partial charge in [-0.3, -0.25) is 4.98 Å². The molecule has 1 aromatic carbocycles. The van der Waals surface area contributed by atoms with E-state index in [1.54, 1.807) is 24.7 Å². The van der Waals surface area contributed by atoms with E-state index in [-0.39, 0.29) is 0 Å². The van der Waals surface area contributed by atoms with Crippen LogP contribution in [0, 0.1) is 0 Å². The van der Waals surface area contributed by atoms with Crippen molar-refractivity contribution in [2.24, 2.45) is 0 Å². The van der Waals surface area contributed by atoms with Gasteiger partial charge in [0.25, 0.3) is 0 Å². The zero-order valence-electron chi connectivity index (χ0n) is 9.56. The van der Waals surface area contributed by atoms with Crippen LogP contribution in [-0.4, -0.2) is 20.1 Å². The molecule has 2 heterocycles. The molecule has 3 aromatic rings. The van der Waals surface area contributed by atoms with Gasteiger partial charge in [-0.1, -0.05) is 24.3 Å². The minimum Gasteiger partial charge on any atom is -0.382 e. The van der Waals surface area contributed by atoms with Crippen LogP contribution >= 0.6 is 0 Å². The van der Waals surface area contributed by atoms with Crippen LogP contribution in [0.3, 0.4) is 0 Å². The van der Waals surface area contributed by atoms with Crippen LogP contribution in [0.1, 0.15) is 17.4 Å². The minimum absolute atomic E-state index is 0.572. The van der Waals surface area contributed by atoms with Gasteiger partial charge in [-0.15, -0.1) is 0 Å². The number of aliphatic hydroxyl groups excluding tert-OH is 1. The molecule has 0 spiro atoms. The third kappa shape index (κ3) is 1.83. The molecule has 88 valence electrons. The first-order valence-corrected chi connectivity index (χ1v) is 5.63. The zero-order valence-corrected chi connectivity index (χ0v) is 9.56. The van der Waals surface area contributed by atoms with Gasteiger partial charge in [0, 0.05) is 29.5 Å². The quantitative estimate of drug-likeness (QED) is 0.741. The molecule has 0 amide bonds. The van der Waals surface area contributed by atoms with Gasteiger partial charge < -0.3 is 5.11 Å². The van der Waals surface area contributed by atoms with Crippen molar-refractivity contribution in [2.45, 2.75) is 6.10 Å². The summed E-state index contributed by atoms with van der Waals surface area (Å²) in [6.07, 6.45) is 5.72. The molecule has 18 heavy (non-hydrogen) atoms. The molecule has 4 heteroatoms. The Balaban J connectivity index is 2.15. The first kappa shape index (κ1) is 10.8. The summed E-state index contributed by atoms with van der Waals surface area (Å²) in [6, 6.07) is 9.53. The second-order valence-corrected chi connectivity index (χ2v) is 3.99. The molecule has 0 radical (unpaired) electrons. The van der Waals surface area contributed by atoms with Gasteiger partial charge in [0.05, 0.1) is 5.69 Å². The molecule has 1 atom stereocenters. The number of fused-ring (bicyclic) bond motifs is 1. The number of aliphatic hydroxyl groups is 1. The van der Waals surface area contributed by atoms with Crippen molar-refractivity contribution in [3.8, 4) is 0 Å². The highest BCUT2D eigenvalue weighted by Crippen LogP contribution is 2.26. The van der Waals surface area contributed by atoms with Crippen molar-refractivity contribution in [3.05, 3.63) is 66.5 Å². The van der Waals surface area contributed by atoms with Crippen LogP contribution in [0.2, 0.25) is 0 Å². The average Bonchev–Trinajstić information content (AvgIpc) is 2.47. The van der Waals surface area contributed by atoms with E-state index < -0.39 is 6.10 Å². The molecule has 0 aliphatic carbocycles. The molecule has 1 N–H and O–H groups in total. The van der Waals surface area contributed by atoms with E-state index in [9.17, 15) is 5.11 Å². The van der Waals surface area contributed by atoms with E-state index in [4.69, 9.17) is 0 Å². The second kappa shape index (κ2) is 4.50. The highest BCUT2D eigenvalue weighted by Gasteiger charge is 2.14. The fourth-order valence-electron chi connectivity index (χ4n) is 1.98. The maximum atomic E-state index is 10.4. The van der Waals surface area contributed by atoms with Crippen molar-refractivity contribution in [3.63, 3.8) is 0 Å². The number of aromatic nitrogens is 3. The summed E-state index contributed by atoms with van der Waals surface area (Å²) in [4.78, 5) is 12.1. The summed E-state index contributed by atoms with van der Waals surface area (Å²) in [5.41, 5.74) is 1.33. The van der Waals surface area contributed by atoms with Crippen LogP contribution in [0.15, 0.2) is 55.2 Å². The highest BCUT2D eigenvalue weighted by atomic mass is 16.3. The van der Waals surface area contributed by atoms with Crippen LogP contribution < -0.4 is 0 Å². The lowest BCUT2D eigenvalue weighted by Crippen LogP contribution is -2.03. The first-order chi connectivity index (χ1) is 8.86. The van der Waals surface area contributed by atoms with Gasteiger partial charge in [0.1, 0.15) is 12.4 Å². The molecule has 0 saturated carbocycles. The van der Waals surface area contributed by atoms with Crippen molar-refractivity contribution < 1.29 is 5.11 Å². The van der Waals surface area contributed by atoms with Crippen LogP contribution in [0.5, 0.6) is 0 Å². The SMILES string of the molecule is OC(c1ccncn1)c1cncc2ccccc12. The average molecular weight is 237 g/mol. The minimum atomic E-state index is -0.786. The Morgan fingerprint density at radius 2 is 1.89 bits per heavy atom. The van der Waals surface area contributed by atoms with E-state index in [1.165, 1.54) is 6.33 Å². The Bertz CT molecular complexity index is 665. The molecule has 2 aromatic heterocycles. The Hall–Kier alpha value is -2.33. The highest BCUT2D eigenvalue weighted by molar-refractivity contribution is 5.85. The van der Waals surface area contributed by atoms with Gasteiger partial charge in [-0.25, -0.2) is 9.97 Å². The summed E-state index contributed by atoms with van der Waals surface area (Å²) in [7, 11) is 0. The van der Waals surface area contributed by atoms with Crippen LogP contribution in [0.25, 0.3) is 10.8 Å². The predicted octanol–water partition coefficient (Wildman–Crippen LogP) is 2.11. The van der Waals surface area contributed by atoms with Crippen LogP contribution in [-0.2, 0) is 0 Å². The summed E-state index contributed by atoms with van der Waals surface area (Å²) in [5.74, 6) is 0. The van der Waals surface area contributed by atoms with Gasteiger partial charge in [0.15, 0.2) is 0 Å². The van der Waals surface area contributed by atoms with E-state index in [0.717, 1.165) is 16.3 Å². The van der Waals surface area contributed by atoms with Crippen molar-refractivity contribution in [2.75, 3.05) is 0 Å². The summed E-state index contributed by atoms with van der Waals surface area (Å²) in [5, 5.41) is 12.3. The largest absolute Gasteiger partial charge is 0.382 e. The number of rotatable bonds is 2. The van der Waals surface area contributed by atoms with Gasteiger partial charge in [-0.2, -0.15) is 0 Å². The fourth-order valence-corrected chi connectivity index (χ4v) is 1.98. The standard InChI is InChI=1S/C14H11N3O/c18-14(13-5-6-15-9-17-13)12-8-16-7-10-3-1-2-4-11(10)12/h1-9,14,18H. The lowest BCUT2D eigenvalue weighted by atomic mass is 10.0. The van der Waals surface area contributed by atoms with Gasteiger partial charge >= 0.3 is 0 Å². The molecular weight excluding hydrogens is 226 g/mol. The molecule has 0 aliphatic rings. The van der Waals surface area contributed by atoms with Crippen molar-refractivity contribution >= 4 is 10.8 Å². The lowest BCUT2D eigenvalue weighted by molar-refractivity contribution is 0.216. The summed E-state index contributed by atoms with van der Waals surface area (Å²) < 4.78 is 0. The smallest absolute Gasteiger partial charge is 0.123 e. The molecule has 0 saturated heterocycles. The van der Waals surface area contributed by atoms with Crippen LogP contribution in [0.4, 0.5) is 0 Å². The van der Waals surface area contributed by atoms with E-state index >= 15 is 0 Å². The molecular formula is C14H11N3O. The monoisotopic (exact) mass is 237 g/mol. The Labute approximate surface area is 104 Å². The first-order valence-electron chi connectivity index (χ1n) is 5.63. The van der Waals surface area contributed by atoms with E-state index in [1.807, 2.05) is 24.3 Å². The molecule has 0 bridgehead atoms. The molecule has 1 unspecified atom stereocenters. The Morgan fingerprint density at radius 3 is 2.72 bits per heavy atom. The normalized spacial score (nSPS) is 12.5. The van der Waals surface area contributed by atoms with E-state index in [2.05, 4.69) is 15.0 Å². The lowest BCUT2D eigenvalue weighted by Gasteiger charge is -2.12. The van der Waals surface area contributed by atoms with Crippen molar-refractivity contribution in [1.29, 1.82) is 0 Å². The Kier molecular flexibility index (Phi) is 2.70. The van der Waals surface area contributed by atoms with Gasteiger partial charge in [0.2, 0.25) is 0 Å². The number of benzene rings is 1. The predicted molar refractivity (Wildman–Crippen MR) is 67.8 cm³/mol. The van der Waals surface area contributed by atoms with Crippen molar-refractivity contribution in [1.82, 2.24) is 15.0 Å². The second-order valence-electron chi connectivity index (χ2n) is 3.99. The maximum absolute atomic E-state index is 10.4. The number of nitrogens with zero attached hydrogens (tertiary/aromatic N) is 3. The third-order valence-corrected chi connectivity index (χ3v) is 2.88. The summed E-state index contributed by atoms with van der Waals surface area (Å²) in [6.45, 7) is 0. The molecule has 4 nitrogen and oxygen atoms in total. The zero-order chi connectivity index (χ0) is 12.4. The number of hydrogen-bond acceptors (Lipinski definition) is 4. The molecule has 0 fully saturated rings. The van der Waals surface area contributed by atoms with E-state index in [0.29, 0.717) is 5.69 Å². The van der Waals surface area contributed by atoms with Gasteiger partial charge in [-0.05, 0) is 11.5 Å². The number of hydrogen-bond donors (Lipinski definition) is 1. The summed E-state index contributed by atoms with van der Waals surface area (Å²) >= 11 is 0. The molecule has 3 rings (SSSR count). The maximum Gasteiger partial charge on any atom is 0.123 e. The third-order valence-electron chi connectivity index (χ3n) is 2.88. The topological polar surface area (TPSA) is 58.9 Å². The molecule has 0 aliphatic heterocycles. The Morgan fingerprint density at radius 1 is 1.00 bits per heavy atom. The number of pyridine rings is 1. The fraction of sp³-hybridized carbons (Fsp3) is 0.0714.